The van der Waals surface area contributed by atoms with Gasteiger partial charge in [0.15, 0.2) is 6.20 Å². The van der Waals surface area contributed by atoms with Crippen LogP contribution in [0.5, 0.6) is 0 Å². The third-order valence-electron chi connectivity index (χ3n) is 14.7. The van der Waals surface area contributed by atoms with Gasteiger partial charge in [0.05, 0.1) is 12.7 Å². The number of hydrogen-bond acceptors (Lipinski definition) is 9. The Bertz CT molecular complexity index is 2640. The second-order valence-corrected chi connectivity index (χ2v) is 18.6. The number of nitrogens with zero attached hydrogens (tertiary/aromatic N) is 4. The molecule has 6 N–H and O–H groups in total. The summed E-state index contributed by atoms with van der Waals surface area (Å²) < 4.78 is 30.1. The van der Waals surface area contributed by atoms with Gasteiger partial charge in [-0.3, -0.25) is 4.98 Å². The summed E-state index contributed by atoms with van der Waals surface area (Å²) in [4.78, 5) is 13.5. The average molecular weight is 844 g/mol. The number of pyridine rings is 4. The van der Waals surface area contributed by atoms with E-state index in [0.29, 0.717) is 53.2 Å². The van der Waals surface area contributed by atoms with Crippen molar-refractivity contribution in [2.75, 3.05) is 44.4 Å². The van der Waals surface area contributed by atoms with E-state index in [2.05, 4.69) is 74.1 Å². The Kier molecular flexibility index (Phi) is 10.7. The van der Waals surface area contributed by atoms with E-state index in [4.69, 9.17) is 20.9 Å². The highest BCUT2D eigenvalue weighted by Gasteiger charge is 2.49. The molecule has 322 valence electrons. The molecule has 8 heterocycles. The zero-order valence-corrected chi connectivity index (χ0v) is 35.7. The lowest BCUT2D eigenvalue weighted by Crippen LogP contribution is -2.46. The van der Waals surface area contributed by atoms with E-state index in [1.165, 1.54) is 41.5 Å². The zero-order chi connectivity index (χ0) is 42.5. The van der Waals surface area contributed by atoms with Crippen molar-refractivity contribution >= 4 is 11.6 Å². The van der Waals surface area contributed by atoms with E-state index in [1.807, 2.05) is 36.8 Å². The van der Waals surface area contributed by atoms with Crippen LogP contribution in [0.4, 0.5) is 16.0 Å². The standard InChI is InChI=1S/C52H55FN8O2/c53-48-25-35(42-23-38(29-58-50(42)54)34-5-7-40(32-10-18-62-19-11-32)45(22-34)47-27-52(13-14-52)31-60-47)9-17-61(48)49-26-36(12-20-63-49)41-8-6-33(21-44(41)46-4-2-16-57-46)39-24-43(51(55)59-30-39)37-3-1-15-56-28-37/h1,3,5-9,15,17,21-25,28-30,32,36,46-47,49,54,57,60H,2,4,10-14,16,18-20,26-27,31H2,(H2,55,59)/p+1/t36?,46-,47-,49?/m0/s1. The minimum absolute atomic E-state index is 0.186. The van der Waals surface area contributed by atoms with Crippen LogP contribution in [0, 0.1) is 11.4 Å². The Morgan fingerprint density at radius 1 is 0.667 bits per heavy atom. The minimum atomic E-state index is -0.460. The maximum absolute atomic E-state index is 16.4. The number of benzene rings is 2. The molecule has 4 aromatic heterocycles. The molecule has 5 aliphatic rings. The summed E-state index contributed by atoms with van der Waals surface area (Å²) in [5.74, 6) is 1.16. The largest absolute Gasteiger partial charge is 0.383 e. The lowest BCUT2D eigenvalue weighted by atomic mass is 9.83. The van der Waals surface area contributed by atoms with Gasteiger partial charge >= 0.3 is 5.95 Å². The molecule has 2 unspecified atom stereocenters. The van der Waals surface area contributed by atoms with E-state index < -0.39 is 6.23 Å². The van der Waals surface area contributed by atoms with Gasteiger partial charge in [0.2, 0.25) is 0 Å². The molecule has 2 aromatic carbocycles. The molecule has 0 amide bonds. The van der Waals surface area contributed by atoms with E-state index in [-0.39, 0.29) is 17.9 Å². The fourth-order valence-electron chi connectivity index (χ4n) is 10.9. The highest BCUT2D eigenvalue weighted by Crippen LogP contribution is 2.56. The molecule has 0 radical (unpaired) electrons. The molecule has 11 heteroatoms. The first-order valence-electron chi connectivity index (χ1n) is 23.0. The van der Waals surface area contributed by atoms with Gasteiger partial charge in [-0.1, -0.05) is 30.3 Å². The number of nitrogens with two attached hydrogens (primary N) is 2. The van der Waals surface area contributed by atoms with Gasteiger partial charge in [0, 0.05) is 102 Å². The Labute approximate surface area is 368 Å². The molecule has 1 spiro atoms. The molecule has 4 saturated heterocycles. The van der Waals surface area contributed by atoms with Gasteiger partial charge in [0.25, 0.3) is 6.23 Å². The third kappa shape index (κ3) is 8.01. The van der Waals surface area contributed by atoms with Crippen LogP contribution >= 0.6 is 0 Å². The van der Waals surface area contributed by atoms with Crippen LogP contribution in [0.1, 0.15) is 110 Å². The van der Waals surface area contributed by atoms with Crippen molar-refractivity contribution in [3.8, 4) is 44.5 Å². The Morgan fingerprint density at radius 2 is 1.37 bits per heavy atom. The summed E-state index contributed by atoms with van der Waals surface area (Å²) in [6.07, 6.45) is 18.2. The number of halogens is 1. The van der Waals surface area contributed by atoms with Gasteiger partial charge in [0.1, 0.15) is 11.6 Å². The van der Waals surface area contributed by atoms with Crippen LogP contribution in [0.25, 0.3) is 44.5 Å². The summed E-state index contributed by atoms with van der Waals surface area (Å²) in [6, 6.07) is 25.9. The maximum atomic E-state index is 16.4. The quantitative estimate of drug-likeness (QED) is 0.0829. The van der Waals surface area contributed by atoms with Crippen LogP contribution in [0.15, 0.2) is 104 Å². The SMILES string of the molecule is Nc1ncc(-c2ccc(C3CCOC([n+]4ccc(-c5cc(-c6ccc(C7CCOCC7)c([C@@H]7CC8(CC8)CN7)c6)cnc5N)cc4F)C3)c([C@@H]3CCCN3)c2)cc1-c1cccnc1. The minimum Gasteiger partial charge on any atom is -0.383 e. The summed E-state index contributed by atoms with van der Waals surface area (Å²) in [7, 11) is 0. The molecular weight excluding hydrogens is 788 g/mol. The predicted octanol–water partition coefficient (Wildman–Crippen LogP) is 9.36. The lowest BCUT2D eigenvalue weighted by Gasteiger charge is -2.29. The second-order valence-electron chi connectivity index (χ2n) is 18.6. The van der Waals surface area contributed by atoms with Crippen LogP contribution in [0.3, 0.4) is 0 Å². The average Bonchev–Trinajstić information content (AvgIpc) is 3.64. The third-order valence-corrected chi connectivity index (χ3v) is 14.7. The number of rotatable bonds is 9. The van der Waals surface area contributed by atoms with Crippen molar-refractivity contribution in [1.29, 1.82) is 0 Å². The van der Waals surface area contributed by atoms with Gasteiger partial charge in [-0.2, -0.15) is 0 Å². The Hall–Kier alpha value is -5.59. The fourth-order valence-corrected chi connectivity index (χ4v) is 10.9. The first-order chi connectivity index (χ1) is 30.9. The Balaban J connectivity index is 0.857. The van der Waals surface area contributed by atoms with Gasteiger partial charge in [-0.25, -0.2) is 9.97 Å². The molecule has 11 rings (SSSR count). The molecule has 1 aliphatic carbocycles. The van der Waals surface area contributed by atoms with E-state index >= 15 is 4.39 Å². The first kappa shape index (κ1) is 40.2. The van der Waals surface area contributed by atoms with Gasteiger partial charge in [-0.15, -0.1) is 8.96 Å². The molecule has 10 nitrogen and oxygen atoms in total. The lowest BCUT2D eigenvalue weighted by molar-refractivity contribution is -0.788. The molecule has 6 aromatic rings. The summed E-state index contributed by atoms with van der Waals surface area (Å²) in [6.45, 7) is 4.24. The van der Waals surface area contributed by atoms with Crippen LogP contribution in [0.2, 0.25) is 0 Å². The predicted molar refractivity (Wildman–Crippen MR) is 244 cm³/mol. The number of ether oxygens (including phenoxy) is 2. The smallest absolute Gasteiger partial charge is 0.362 e. The topological polar surface area (TPSA) is 137 Å². The highest BCUT2D eigenvalue weighted by molar-refractivity contribution is 5.80. The first-order valence-corrected chi connectivity index (χ1v) is 23.0. The van der Waals surface area contributed by atoms with E-state index in [9.17, 15) is 0 Å². The number of nitrogens with one attached hydrogen (secondary N) is 2. The maximum Gasteiger partial charge on any atom is 0.362 e. The number of aromatic nitrogens is 4. The highest BCUT2D eigenvalue weighted by atomic mass is 19.1. The van der Waals surface area contributed by atoms with Crippen LogP contribution in [-0.2, 0) is 9.47 Å². The Morgan fingerprint density at radius 3 is 2.02 bits per heavy atom. The van der Waals surface area contributed by atoms with E-state index in [0.717, 1.165) is 91.8 Å². The summed E-state index contributed by atoms with van der Waals surface area (Å²) in [5, 5.41) is 7.62. The zero-order valence-electron chi connectivity index (χ0n) is 35.7. The molecule has 63 heavy (non-hydrogen) atoms. The normalized spacial score (nSPS) is 23.3. The van der Waals surface area contributed by atoms with Gasteiger partial charge < -0.3 is 31.6 Å². The van der Waals surface area contributed by atoms with Crippen molar-refractivity contribution in [2.24, 2.45) is 5.41 Å². The molecule has 0 bridgehead atoms. The number of nitrogen functional groups attached to an aromatic ring is 2. The number of hydrogen-bond donors (Lipinski definition) is 4. The van der Waals surface area contributed by atoms with Crippen molar-refractivity contribution in [3.63, 3.8) is 0 Å². The van der Waals surface area contributed by atoms with Crippen LogP contribution in [-0.4, -0.2) is 47.9 Å². The number of anilines is 2. The second kappa shape index (κ2) is 16.8. The molecule has 1 saturated carbocycles. The summed E-state index contributed by atoms with van der Waals surface area (Å²) >= 11 is 0. The van der Waals surface area contributed by atoms with Crippen molar-refractivity contribution in [3.05, 3.63) is 132 Å². The van der Waals surface area contributed by atoms with Gasteiger partial charge in [-0.05, 0) is 139 Å². The van der Waals surface area contributed by atoms with Crippen molar-refractivity contribution in [1.82, 2.24) is 25.6 Å². The fraction of sp³-hybridized carbons (Fsp3) is 0.385. The molecule has 5 fully saturated rings. The summed E-state index contributed by atoms with van der Waals surface area (Å²) in [5.41, 5.74) is 26.1. The van der Waals surface area contributed by atoms with E-state index in [1.54, 1.807) is 23.0 Å². The monoisotopic (exact) mass is 843 g/mol. The molecule has 4 atom stereocenters. The molecular formula is C52H56FN8O2+. The molecule has 4 aliphatic heterocycles. The van der Waals surface area contributed by atoms with Crippen LogP contribution < -0.4 is 26.7 Å². The van der Waals surface area contributed by atoms with Crippen molar-refractivity contribution < 1.29 is 18.4 Å². The van der Waals surface area contributed by atoms with Crippen molar-refractivity contribution in [2.45, 2.75) is 87.9 Å².